The average Bonchev–Trinajstić information content (AvgIpc) is 3.20. The Bertz CT molecular complexity index is 1540. The maximum Gasteiger partial charge on any atom is 0.186 e. The molecule has 15 heteroatoms. The molecule has 0 aromatic carbocycles. The Hall–Kier alpha value is -2.45. The van der Waals surface area contributed by atoms with Gasteiger partial charge >= 0.3 is 0 Å². The molecule has 1 saturated carbocycles. The van der Waals surface area contributed by atoms with E-state index in [1.165, 1.54) is 33.4 Å². The molecule has 14 N–H and O–H groups in total. The molecular formula is C48H85N5O10. The normalized spacial score (nSPS) is 33.5. The number of allylic oxidation sites excluding steroid dienone is 11. The number of hydrogen-bond donors (Lipinski definition) is 10. The zero-order chi connectivity index (χ0) is 47.2. The third kappa shape index (κ3) is 20.7. The van der Waals surface area contributed by atoms with Crippen LogP contribution < -0.4 is 22.9 Å². The molecule has 0 aromatic heterocycles. The lowest BCUT2D eigenvalue weighted by atomic mass is 9.84. The lowest BCUT2D eigenvalue weighted by Crippen LogP contribution is -2.68. The molecule has 0 radical (unpaired) electrons. The highest BCUT2D eigenvalue weighted by molar-refractivity contribution is 5.72. The van der Waals surface area contributed by atoms with Crippen molar-refractivity contribution in [1.82, 2.24) is 0 Å². The van der Waals surface area contributed by atoms with Crippen LogP contribution in [0.15, 0.2) is 74.9 Å². The first-order valence-corrected chi connectivity index (χ1v) is 22.8. The summed E-state index contributed by atoms with van der Waals surface area (Å²) in [6, 6.07) is -3.35. The van der Waals surface area contributed by atoms with Crippen LogP contribution in [-0.2, 0) is 18.9 Å². The van der Waals surface area contributed by atoms with Gasteiger partial charge in [0, 0.05) is 18.3 Å². The molecule has 2 saturated heterocycles. The van der Waals surface area contributed by atoms with Crippen molar-refractivity contribution in [2.45, 2.75) is 205 Å². The number of hydrogen-bond acceptors (Lipinski definition) is 15. The standard InChI is InChI=1S/C33H59N5O9.C15H26O/c1-17(2)7-5-8-18(3)9-6-10-19(4)11-12-38-15-24-23(40)14-22(36)32(44-24)46-30-20(34)13-21(35)31(29(30)43)47-33-28(42)26(37)27(41)25(16-39)45-33;1-13(2)7-5-8-14(3)9-6-10-15(4)11-12-16/h7,9,11-12,20-33,39-43H,5-6,8,10,13-16,34-37H2,1-4H3;7,9,11,16H,5-6,8,10,12H2,1-4H3/b18-9+,19-11+,38-12?;14-9+,15-11+. The van der Waals surface area contributed by atoms with Gasteiger partial charge in [-0.15, -0.1) is 0 Å². The monoisotopic (exact) mass is 892 g/mol. The van der Waals surface area contributed by atoms with Crippen molar-refractivity contribution < 1.29 is 49.6 Å². The fourth-order valence-electron chi connectivity index (χ4n) is 7.54. The molecule has 0 bridgehead atoms. The van der Waals surface area contributed by atoms with E-state index in [2.05, 4.69) is 84.7 Å². The fourth-order valence-corrected chi connectivity index (χ4v) is 7.54. The van der Waals surface area contributed by atoms with E-state index < -0.39 is 92.2 Å². The molecule has 63 heavy (non-hydrogen) atoms. The van der Waals surface area contributed by atoms with E-state index in [0.29, 0.717) is 0 Å². The van der Waals surface area contributed by atoms with Gasteiger partial charge in [0.25, 0.3) is 0 Å². The molecule has 3 aliphatic rings. The summed E-state index contributed by atoms with van der Waals surface area (Å²) in [4.78, 5) is 4.44. The Morgan fingerprint density at radius 1 is 0.571 bits per heavy atom. The van der Waals surface area contributed by atoms with Gasteiger partial charge in [-0.05, 0) is 126 Å². The molecule has 14 atom stereocenters. The van der Waals surface area contributed by atoms with Gasteiger partial charge in [-0.2, -0.15) is 0 Å². The summed E-state index contributed by atoms with van der Waals surface area (Å²) in [5.74, 6) is 0. The van der Waals surface area contributed by atoms with E-state index in [9.17, 15) is 25.5 Å². The third-order valence-electron chi connectivity index (χ3n) is 11.6. The summed E-state index contributed by atoms with van der Waals surface area (Å²) >= 11 is 0. The SMILES string of the molecule is CC(C)=CCC/C(C)=C/CC/C(C)=C/C=NCC1OC(OC2C(N)CC(N)C(OC3OC(CO)C(O)C(N)C3O)C2O)C(N)CC1O.CC(C)=CCC/C(C)=C/CC/C(C)=C/CO. The highest BCUT2D eigenvalue weighted by Gasteiger charge is 2.50. The number of aliphatic hydroxyl groups is 6. The van der Waals surface area contributed by atoms with Crippen LogP contribution in [0, 0.1) is 0 Å². The lowest BCUT2D eigenvalue weighted by Gasteiger charge is -2.47. The predicted molar refractivity (Wildman–Crippen MR) is 251 cm³/mol. The Morgan fingerprint density at radius 2 is 1.05 bits per heavy atom. The van der Waals surface area contributed by atoms with Crippen LogP contribution in [0.2, 0.25) is 0 Å². The zero-order valence-corrected chi connectivity index (χ0v) is 39.4. The third-order valence-corrected chi connectivity index (χ3v) is 11.6. The van der Waals surface area contributed by atoms with Gasteiger partial charge in [0.1, 0.15) is 42.7 Å². The molecule has 2 heterocycles. The lowest BCUT2D eigenvalue weighted by molar-refractivity contribution is -0.314. The molecule has 0 amide bonds. The minimum absolute atomic E-state index is 0.162. The summed E-state index contributed by atoms with van der Waals surface area (Å²) in [5.41, 5.74) is 32.8. The van der Waals surface area contributed by atoms with Crippen LogP contribution in [0.1, 0.15) is 120 Å². The molecule has 2 aliphatic heterocycles. The van der Waals surface area contributed by atoms with Crippen molar-refractivity contribution in [3.63, 3.8) is 0 Å². The van der Waals surface area contributed by atoms with Crippen molar-refractivity contribution in [2.24, 2.45) is 27.9 Å². The van der Waals surface area contributed by atoms with Crippen molar-refractivity contribution in [3.8, 4) is 0 Å². The van der Waals surface area contributed by atoms with E-state index >= 15 is 0 Å². The predicted octanol–water partition coefficient (Wildman–Crippen LogP) is 3.63. The van der Waals surface area contributed by atoms with Crippen LogP contribution in [0.3, 0.4) is 0 Å². The molecule has 0 spiro atoms. The maximum atomic E-state index is 11.3. The number of rotatable bonds is 21. The van der Waals surface area contributed by atoms with Gasteiger partial charge in [0.15, 0.2) is 12.6 Å². The first kappa shape index (κ1) is 56.7. The second-order valence-corrected chi connectivity index (χ2v) is 18.1. The van der Waals surface area contributed by atoms with Gasteiger partial charge < -0.3 is 72.5 Å². The molecule has 15 nitrogen and oxygen atoms in total. The Kier molecular flexibility index (Phi) is 27.0. The van der Waals surface area contributed by atoms with E-state index in [4.69, 9.17) is 47.0 Å². The van der Waals surface area contributed by atoms with Crippen LogP contribution in [0.25, 0.3) is 0 Å². The summed E-state index contributed by atoms with van der Waals surface area (Å²) in [7, 11) is 0. The van der Waals surface area contributed by atoms with E-state index in [1.54, 1.807) is 6.21 Å². The molecule has 3 fully saturated rings. The molecule has 1 aliphatic carbocycles. The maximum absolute atomic E-state index is 11.3. The first-order valence-electron chi connectivity index (χ1n) is 22.8. The molecular weight excluding hydrogens is 807 g/mol. The molecule has 14 unspecified atom stereocenters. The van der Waals surface area contributed by atoms with E-state index in [0.717, 1.165) is 51.4 Å². The Morgan fingerprint density at radius 3 is 1.56 bits per heavy atom. The highest BCUT2D eigenvalue weighted by atomic mass is 16.7. The minimum atomic E-state index is -1.46. The smallest absolute Gasteiger partial charge is 0.186 e. The van der Waals surface area contributed by atoms with Gasteiger partial charge in [-0.1, -0.05) is 63.8 Å². The molecule has 3 rings (SSSR count). The topological polar surface area (TPSA) is 275 Å². The van der Waals surface area contributed by atoms with E-state index in [-0.39, 0.29) is 26.0 Å². The summed E-state index contributed by atoms with van der Waals surface area (Å²) in [5, 5.41) is 60.9. The van der Waals surface area contributed by atoms with Gasteiger partial charge in [0.05, 0.1) is 37.9 Å². The average molecular weight is 892 g/mol. The van der Waals surface area contributed by atoms with Crippen LogP contribution >= 0.6 is 0 Å². The van der Waals surface area contributed by atoms with Crippen LogP contribution in [0.5, 0.6) is 0 Å². The number of aliphatic imine (C=N–C) groups is 1. The largest absolute Gasteiger partial charge is 0.394 e. The summed E-state index contributed by atoms with van der Waals surface area (Å²) < 4.78 is 23.5. The Labute approximate surface area is 377 Å². The minimum Gasteiger partial charge on any atom is -0.394 e. The fraction of sp³-hybridized carbons (Fsp3) is 0.729. The number of nitrogens with two attached hydrogens (primary N) is 4. The molecule has 0 aromatic rings. The van der Waals surface area contributed by atoms with Crippen molar-refractivity contribution in [3.05, 3.63) is 69.9 Å². The van der Waals surface area contributed by atoms with Crippen molar-refractivity contribution >= 4 is 6.21 Å². The number of nitrogens with zero attached hydrogens (tertiary/aromatic N) is 1. The number of aliphatic hydroxyl groups excluding tert-OH is 6. The second kappa shape index (κ2) is 30.0. The van der Waals surface area contributed by atoms with Crippen molar-refractivity contribution in [2.75, 3.05) is 19.8 Å². The highest BCUT2D eigenvalue weighted by Crippen LogP contribution is 2.31. The van der Waals surface area contributed by atoms with E-state index in [1.807, 2.05) is 12.2 Å². The summed E-state index contributed by atoms with van der Waals surface area (Å²) in [6.07, 6.45) is 12.1. The van der Waals surface area contributed by atoms with Crippen LogP contribution in [-0.4, -0.2) is 142 Å². The quantitative estimate of drug-likeness (QED) is 0.0583. The molecule has 362 valence electrons. The zero-order valence-electron chi connectivity index (χ0n) is 39.4. The van der Waals surface area contributed by atoms with Gasteiger partial charge in [0.2, 0.25) is 0 Å². The Balaban J connectivity index is 0.000000721. The first-order chi connectivity index (χ1) is 29.8. The number of ether oxygens (including phenoxy) is 4. The van der Waals surface area contributed by atoms with Gasteiger partial charge in [-0.25, -0.2) is 0 Å². The van der Waals surface area contributed by atoms with Crippen molar-refractivity contribution in [1.29, 1.82) is 0 Å². The van der Waals surface area contributed by atoms with Crippen LogP contribution in [0.4, 0.5) is 0 Å². The summed E-state index contributed by atoms with van der Waals surface area (Å²) in [6.45, 7) is 16.8. The van der Waals surface area contributed by atoms with Gasteiger partial charge in [-0.3, -0.25) is 4.99 Å². The second-order valence-electron chi connectivity index (χ2n) is 18.1.